The van der Waals surface area contributed by atoms with Crippen molar-refractivity contribution < 1.29 is 5.11 Å². The van der Waals surface area contributed by atoms with Crippen molar-refractivity contribution in [2.45, 2.75) is 32.3 Å². The van der Waals surface area contributed by atoms with E-state index in [2.05, 4.69) is 46.4 Å². The molecule has 0 saturated carbocycles. The zero-order valence-electron chi connectivity index (χ0n) is 17.4. The highest BCUT2D eigenvalue weighted by atomic mass is 32.1. The Morgan fingerprint density at radius 3 is 2.68 bits per heavy atom. The molecular weight excluding hydrogens is 404 g/mol. The van der Waals surface area contributed by atoms with E-state index in [1.165, 1.54) is 5.56 Å². The highest BCUT2D eigenvalue weighted by Gasteiger charge is 2.14. The van der Waals surface area contributed by atoms with Gasteiger partial charge in [0.25, 0.3) is 0 Å². The number of aliphatic hydroxyl groups excluding tert-OH is 1. The molecule has 3 aromatic heterocycles. The van der Waals surface area contributed by atoms with Crippen molar-refractivity contribution in [1.29, 1.82) is 0 Å². The summed E-state index contributed by atoms with van der Waals surface area (Å²) in [6.07, 6.45) is 5.45. The molecule has 0 bridgehead atoms. The second-order valence-corrected chi connectivity index (χ2v) is 8.05. The van der Waals surface area contributed by atoms with Crippen LogP contribution in [0.25, 0.3) is 21.6 Å². The summed E-state index contributed by atoms with van der Waals surface area (Å²) < 4.78 is 0.979. The first kappa shape index (κ1) is 21.0. The lowest BCUT2D eigenvalue weighted by Crippen LogP contribution is -2.06. The molecule has 5 nitrogen and oxygen atoms in total. The van der Waals surface area contributed by atoms with Crippen molar-refractivity contribution in [3.05, 3.63) is 71.4 Å². The van der Waals surface area contributed by atoms with E-state index in [0.29, 0.717) is 12.2 Å². The Kier molecular flexibility index (Phi) is 6.88. The van der Waals surface area contributed by atoms with Crippen LogP contribution in [0.1, 0.15) is 30.9 Å². The van der Waals surface area contributed by atoms with Crippen LogP contribution in [0.2, 0.25) is 0 Å². The van der Waals surface area contributed by atoms with Crippen LogP contribution in [0.4, 0.5) is 5.82 Å². The minimum Gasteiger partial charge on any atom is -0.380 e. The minimum absolute atomic E-state index is 0.598. The quantitative estimate of drug-likeness (QED) is 0.323. The van der Waals surface area contributed by atoms with Crippen LogP contribution in [-0.2, 0) is 6.42 Å². The zero-order chi connectivity index (χ0) is 21.5. The van der Waals surface area contributed by atoms with Crippen molar-refractivity contribution in [3.8, 4) is 23.2 Å². The summed E-state index contributed by atoms with van der Waals surface area (Å²) in [6.45, 7) is 2.72. The van der Waals surface area contributed by atoms with E-state index in [9.17, 15) is 5.11 Å². The van der Waals surface area contributed by atoms with E-state index in [0.717, 1.165) is 46.5 Å². The van der Waals surface area contributed by atoms with E-state index in [1.807, 2.05) is 30.5 Å². The first-order valence-corrected chi connectivity index (χ1v) is 11.3. The smallest absolute Gasteiger partial charge is 0.162 e. The van der Waals surface area contributed by atoms with Gasteiger partial charge in [-0.3, -0.25) is 4.98 Å². The summed E-state index contributed by atoms with van der Waals surface area (Å²) in [7, 11) is 0. The van der Waals surface area contributed by atoms with Crippen LogP contribution >= 0.6 is 11.3 Å². The van der Waals surface area contributed by atoms with E-state index >= 15 is 0 Å². The molecule has 4 rings (SSSR count). The third-order valence-electron chi connectivity index (χ3n) is 4.89. The summed E-state index contributed by atoms with van der Waals surface area (Å²) in [5.74, 6) is 7.45. The molecule has 6 heteroatoms. The largest absolute Gasteiger partial charge is 0.380 e. The maximum atomic E-state index is 9.83. The molecule has 156 valence electrons. The van der Waals surface area contributed by atoms with Crippen LogP contribution < -0.4 is 5.32 Å². The molecule has 0 saturated heterocycles. The average Bonchev–Trinajstić information content (AvgIpc) is 3.24. The van der Waals surface area contributed by atoms with E-state index < -0.39 is 6.10 Å². The average molecular weight is 429 g/mol. The molecule has 0 fully saturated rings. The fourth-order valence-electron chi connectivity index (χ4n) is 3.16. The Balaban J connectivity index is 1.62. The number of aliphatic hydroxyl groups is 1. The molecule has 1 atom stereocenters. The van der Waals surface area contributed by atoms with E-state index in [-0.39, 0.29) is 0 Å². The number of thiophene rings is 1. The van der Waals surface area contributed by atoms with Gasteiger partial charge in [0.05, 0.1) is 10.3 Å². The summed E-state index contributed by atoms with van der Waals surface area (Å²) in [4.78, 5) is 13.7. The number of aromatic nitrogens is 3. The number of nitrogens with one attached hydrogen (secondary N) is 1. The monoisotopic (exact) mass is 428 g/mol. The van der Waals surface area contributed by atoms with Gasteiger partial charge in [-0.05, 0) is 37.0 Å². The van der Waals surface area contributed by atoms with Gasteiger partial charge in [-0.15, -0.1) is 11.3 Å². The first-order valence-electron chi connectivity index (χ1n) is 10.4. The highest BCUT2D eigenvalue weighted by molar-refractivity contribution is 7.18. The van der Waals surface area contributed by atoms with Gasteiger partial charge >= 0.3 is 0 Å². The predicted octanol–water partition coefficient (Wildman–Crippen LogP) is 4.92. The molecular formula is C25H24N4OS. The lowest BCUT2D eigenvalue weighted by atomic mass is 10.1. The molecule has 2 N–H and O–H groups in total. The number of aryl methyl sites for hydroxylation is 1. The van der Waals surface area contributed by atoms with Crippen LogP contribution in [0.3, 0.4) is 0 Å². The molecule has 0 spiro atoms. The number of benzene rings is 1. The molecule has 0 amide bonds. The Morgan fingerprint density at radius 2 is 1.90 bits per heavy atom. The van der Waals surface area contributed by atoms with Crippen LogP contribution in [0.15, 0.2) is 60.2 Å². The number of hydrogen-bond donors (Lipinski definition) is 2. The van der Waals surface area contributed by atoms with Gasteiger partial charge in [0.1, 0.15) is 17.4 Å². The summed E-state index contributed by atoms with van der Waals surface area (Å²) in [5.41, 5.74) is 3.87. The van der Waals surface area contributed by atoms with Crippen molar-refractivity contribution >= 4 is 27.4 Å². The summed E-state index contributed by atoms with van der Waals surface area (Å²) in [5, 5.41) is 15.3. The topological polar surface area (TPSA) is 70.9 Å². The molecule has 31 heavy (non-hydrogen) atoms. The first-order chi connectivity index (χ1) is 15.2. The van der Waals surface area contributed by atoms with Gasteiger partial charge in [-0.2, -0.15) is 0 Å². The number of pyridine rings is 1. The van der Waals surface area contributed by atoms with Crippen molar-refractivity contribution in [1.82, 2.24) is 15.0 Å². The molecule has 3 heterocycles. The molecule has 1 aromatic carbocycles. The standard InChI is InChI=1S/C25H24N4OS/c1-2-21(30)11-10-20-17-31-23-22(20)28-24(19-12-15-26-16-13-19)29-25(23)27-14-6-9-18-7-4-3-5-8-18/h3-5,7-8,12-13,15-17,21,30H,2,6,9,14H2,1H3,(H,27,28,29). The van der Waals surface area contributed by atoms with Gasteiger partial charge in [0.15, 0.2) is 5.82 Å². The van der Waals surface area contributed by atoms with Gasteiger partial charge in [0, 0.05) is 29.9 Å². The molecule has 0 radical (unpaired) electrons. The molecule has 1 unspecified atom stereocenters. The fraction of sp³-hybridized carbons (Fsp3) is 0.240. The van der Waals surface area contributed by atoms with Crippen molar-refractivity contribution in [2.75, 3.05) is 11.9 Å². The SMILES string of the molecule is CCC(O)C#Cc1csc2c(NCCCc3ccccc3)nc(-c3ccncc3)nc12. The van der Waals surface area contributed by atoms with E-state index in [1.54, 1.807) is 23.7 Å². The molecule has 0 aliphatic rings. The highest BCUT2D eigenvalue weighted by Crippen LogP contribution is 2.32. The number of rotatable bonds is 7. The molecule has 4 aromatic rings. The number of hydrogen-bond acceptors (Lipinski definition) is 6. The second kappa shape index (κ2) is 10.2. The summed E-state index contributed by atoms with van der Waals surface area (Å²) in [6, 6.07) is 14.3. The lowest BCUT2D eigenvalue weighted by molar-refractivity contribution is 0.228. The number of anilines is 1. The Hall–Kier alpha value is -3.27. The minimum atomic E-state index is -0.632. The maximum absolute atomic E-state index is 9.83. The lowest BCUT2D eigenvalue weighted by Gasteiger charge is -2.09. The Labute approximate surface area is 186 Å². The molecule has 0 aliphatic carbocycles. The predicted molar refractivity (Wildman–Crippen MR) is 127 cm³/mol. The Morgan fingerprint density at radius 1 is 1.10 bits per heavy atom. The Bertz CT molecular complexity index is 1200. The van der Waals surface area contributed by atoms with Gasteiger partial charge in [0.2, 0.25) is 0 Å². The van der Waals surface area contributed by atoms with Crippen LogP contribution in [0, 0.1) is 11.8 Å². The summed E-state index contributed by atoms with van der Waals surface area (Å²) >= 11 is 1.57. The second-order valence-electron chi connectivity index (χ2n) is 7.17. The van der Waals surface area contributed by atoms with Crippen molar-refractivity contribution in [3.63, 3.8) is 0 Å². The third kappa shape index (κ3) is 5.26. The van der Waals surface area contributed by atoms with Gasteiger partial charge in [-0.25, -0.2) is 9.97 Å². The number of fused-ring (bicyclic) bond motifs is 1. The van der Waals surface area contributed by atoms with Gasteiger partial charge in [-0.1, -0.05) is 49.1 Å². The normalized spacial score (nSPS) is 11.7. The maximum Gasteiger partial charge on any atom is 0.162 e. The third-order valence-corrected chi connectivity index (χ3v) is 5.87. The van der Waals surface area contributed by atoms with Gasteiger partial charge < -0.3 is 10.4 Å². The van der Waals surface area contributed by atoms with Crippen LogP contribution in [0.5, 0.6) is 0 Å². The van der Waals surface area contributed by atoms with E-state index in [4.69, 9.17) is 9.97 Å². The van der Waals surface area contributed by atoms with Crippen molar-refractivity contribution in [2.24, 2.45) is 0 Å². The number of nitrogens with zero attached hydrogens (tertiary/aromatic N) is 3. The molecule has 0 aliphatic heterocycles. The van der Waals surface area contributed by atoms with Crippen LogP contribution in [-0.4, -0.2) is 32.7 Å². The zero-order valence-corrected chi connectivity index (χ0v) is 18.2. The fourth-order valence-corrected chi connectivity index (χ4v) is 4.07.